The van der Waals surface area contributed by atoms with Gasteiger partial charge < -0.3 is 5.11 Å². The number of aliphatic hydroxyl groups excluding tert-OH is 1. The van der Waals surface area contributed by atoms with Crippen LogP contribution in [0.4, 0.5) is 0 Å². The van der Waals surface area contributed by atoms with E-state index in [1.807, 2.05) is 13.2 Å². The summed E-state index contributed by atoms with van der Waals surface area (Å²) in [5, 5.41) is 8.96. The van der Waals surface area contributed by atoms with Crippen molar-refractivity contribution in [1.82, 2.24) is 4.31 Å². The lowest BCUT2D eigenvalue weighted by atomic mass is 10.2. The number of thioether (sulfide) groups is 1. The highest BCUT2D eigenvalue weighted by molar-refractivity contribution is 7.98. The Morgan fingerprint density at radius 1 is 1.32 bits per heavy atom. The molecule has 0 aliphatic rings. The molecule has 19 heavy (non-hydrogen) atoms. The van der Waals surface area contributed by atoms with Gasteiger partial charge in [-0.05, 0) is 43.0 Å². The van der Waals surface area contributed by atoms with Crippen molar-refractivity contribution in [2.45, 2.75) is 30.9 Å². The maximum atomic E-state index is 12.4. The van der Waals surface area contributed by atoms with E-state index >= 15 is 0 Å². The number of hydrogen-bond donors (Lipinski definition) is 1. The van der Waals surface area contributed by atoms with Crippen molar-refractivity contribution in [1.29, 1.82) is 0 Å². The zero-order chi connectivity index (χ0) is 14.5. The predicted molar refractivity (Wildman–Crippen MR) is 79.8 cm³/mol. The Kier molecular flexibility index (Phi) is 6.32. The van der Waals surface area contributed by atoms with Gasteiger partial charge in [-0.3, -0.25) is 0 Å². The molecular weight excluding hydrogens is 282 g/mol. The van der Waals surface area contributed by atoms with Crippen LogP contribution in [0.2, 0.25) is 0 Å². The molecule has 1 N–H and O–H groups in total. The number of benzene rings is 1. The first-order valence-corrected chi connectivity index (χ1v) is 8.93. The lowest BCUT2D eigenvalue weighted by Crippen LogP contribution is -2.35. The van der Waals surface area contributed by atoms with Crippen LogP contribution in [0.25, 0.3) is 0 Å². The van der Waals surface area contributed by atoms with E-state index in [0.717, 1.165) is 12.2 Å². The summed E-state index contributed by atoms with van der Waals surface area (Å²) >= 11 is 1.71. The maximum absolute atomic E-state index is 12.4. The van der Waals surface area contributed by atoms with Crippen LogP contribution in [0.3, 0.4) is 0 Å². The van der Waals surface area contributed by atoms with Crippen molar-refractivity contribution in [3.8, 4) is 0 Å². The normalized spacial score (nSPS) is 13.7. The van der Waals surface area contributed by atoms with Gasteiger partial charge in [-0.25, -0.2) is 8.42 Å². The van der Waals surface area contributed by atoms with Crippen LogP contribution in [-0.2, 0) is 16.6 Å². The minimum atomic E-state index is -3.45. The molecule has 1 unspecified atom stereocenters. The van der Waals surface area contributed by atoms with Gasteiger partial charge in [0, 0.05) is 13.1 Å². The van der Waals surface area contributed by atoms with E-state index in [1.54, 1.807) is 43.1 Å². The van der Waals surface area contributed by atoms with Crippen molar-refractivity contribution in [3.63, 3.8) is 0 Å². The Bertz CT molecular complexity index is 485. The second kappa shape index (κ2) is 7.28. The summed E-state index contributed by atoms with van der Waals surface area (Å²) in [5.74, 6) is 0.935. The highest BCUT2D eigenvalue weighted by Crippen LogP contribution is 2.19. The summed E-state index contributed by atoms with van der Waals surface area (Å²) < 4.78 is 26.2. The number of hydrogen-bond acceptors (Lipinski definition) is 4. The molecule has 0 heterocycles. The van der Waals surface area contributed by atoms with Crippen molar-refractivity contribution >= 4 is 21.8 Å². The molecule has 1 rings (SSSR count). The van der Waals surface area contributed by atoms with E-state index in [0.29, 0.717) is 5.56 Å². The summed E-state index contributed by atoms with van der Waals surface area (Å²) in [6.45, 7) is 1.83. The standard InChI is InChI=1S/C13H21NO3S2/c1-11(8-9-18-3)14(2)19(16,17)13-6-4-12(10-15)5-7-13/h4-7,11,15H,8-10H2,1-3H3. The molecule has 0 aliphatic carbocycles. The van der Waals surface area contributed by atoms with E-state index in [1.165, 1.54) is 4.31 Å². The Morgan fingerprint density at radius 2 is 1.89 bits per heavy atom. The molecular formula is C13H21NO3S2. The molecule has 108 valence electrons. The zero-order valence-electron chi connectivity index (χ0n) is 11.5. The average molecular weight is 303 g/mol. The smallest absolute Gasteiger partial charge is 0.243 e. The molecule has 0 spiro atoms. The molecule has 0 aromatic heterocycles. The number of sulfonamides is 1. The van der Waals surface area contributed by atoms with Gasteiger partial charge in [0.2, 0.25) is 10.0 Å². The van der Waals surface area contributed by atoms with Crippen molar-refractivity contribution in [2.24, 2.45) is 0 Å². The van der Waals surface area contributed by atoms with Gasteiger partial charge >= 0.3 is 0 Å². The minimum Gasteiger partial charge on any atom is -0.392 e. The van der Waals surface area contributed by atoms with Gasteiger partial charge in [0.15, 0.2) is 0 Å². The predicted octanol–water partition coefficient (Wildman–Crippen LogP) is 1.94. The van der Waals surface area contributed by atoms with Gasteiger partial charge in [0.1, 0.15) is 0 Å². The monoisotopic (exact) mass is 303 g/mol. The first kappa shape index (κ1) is 16.5. The van der Waals surface area contributed by atoms with E-state index < -0.39 is 10.0 Å². The Morgan fingerprint density at radius 3 is 2.37 bits per heavy atom. The van der Waals surface area contributed by atoms with Gasteiger partial charge in [0.25, 0.3) is 0 Å². The Hall–Kier alpha value is -0.560. The number of rotatable bonds is 7. The molecule has 0 fully saturated rings. The van der Waals surface area contributed by atoms with Crippen molar-refractivity contribution in [2.75, 3.05) is 19.1 Å². The van der Waals surface area contributed by atoms with Crippen LogP contribution in [0.15, 0.2) is 29.2 Å². The SMILES string of the molecule is CSCCC(C)N(C)S(=O)(=O)c1ccc(CO)cc1. The van der Waals surface area contributed by atoms with Crippen molar-refractivity contribution < 1.29 is 13.5 Å². The first-order valence-electron chi connectivity index (χ1n) is 6.10. The molecule has 1 aromatic carbocycles. The fourth-order valence-corrected chi connectivity index (χ4v) is 3.61. The average Bonchev–Trinajstić information content (AvgIpc) is 2.43. The Balaban J connectivity index is 2.89. The molecule has 4 nitrogen and oxygen atoms in total. The molecule has 0 saturated carbocycles. The van der Waals surface area contributed by atoms with Gasteiger partial charge in [-0.1, -0.05) is 12.1 Å². The third-order valence-corrected chi connectivity index (χ3v) is 5.77. The summed E-state index contributed by atoms with van der Waals surface area (Å²) in [4.78, 5) is 0.267. The van der Waals surface area contributed by atoms with E-state index in [-0.39, 0.29) is 17.5 Å². The van der Waals surface area contributed by atoms with Crippen LogP contribution in [0, 0.1) is 0 Å². The van der Waals surface area contributed by atoms with E-state index in [4.69, 9.17) is 5.11 Å². The lowest BCUT2D eigenvalue weighted by Gasteiger charge is -2.24. The molecule has 6 heteroatoms. The first-order chi connectivity index (χ1) is 8.93. The van der Waals surface area contributed by atoms with Gasteiger partial charge in [-0.15, -0.1) is 0 Å². The highest BCUT2D eigenvalue weighted by Gasteiger charge is 2.24. The summed E-state index contributed by atoms with van der Waals surface area (Å²) in [6, 6.07) is 6.31. The minimum absolute atomic E-state index is 0.0324. The van der Waals surface area contributed by atoms with E-state index in [2.05, 4.69) is 0 Å². The zero-order valence-corrected chi connectivity index (χ0v) is 13.2. The molecule has 0 radical (unpaired) electrons. The number of aliphatic hydroxyl groups is 1. The molecule has 0 saturated heterocycles. The third kappa shape index (κ3) is 4.21. The summed E-state index contributed by atoms with van der Waals surface area (Å²) in [7, 11) is -1.84. The van der Waals surface area contributed by atoms with Crippen LogP contribution >= 0.6 is 11.8 Å². The topological polar surface area (TPSA) is 57.6 Å². The van der Waals surface area contributed by atoms with Gasteiger partial charge in [0.05, 0.1) is 11.5 Å². The quantitative estimate of drug-likeness (QED) is 0.836. The maximum Gasteiger partial charge on any atom is 0.243 e. The molecule has 1 atom stereocenters. The fourth-order valence-electron chi connectivity index (χ4n) is 1.64. The largest absolute Gasteiger partial charge is 0.392 e. The third-order valence-electron chi connectivity index (χ3n) is 3.14. The number of nitrogens with zero attached hydrogens (tertiary/aromatic N) is 1. The lowest BCUT2D eigenvalue weighted by molar-refractivity contribution is 0.281. The fraction of sp³-hybridized carbons (Fsp3) is 0.538. The Labute approximate surface area is 119 Å². The van der Waals surface area contributed by atoms with Crippen LogP contribution in [0.5, 0.6) is 0 Å². The van der Waals surface area contributed by atoms with E-state index in [9.17, 15) is 8.42 Å². The van der Waals surface area contributed by atoms with Crippen molar-refractivity contribution in [3.05, 3.63) is 29.8 Å². The van der Waals surface area contributed by atoms with Crippen LogP contribution in [-0.4, -0.2) is 42.9 Å². The molecule has 0 aliphatic heterocycles. The van der Waals surface area contributed by atoms with Crippen LogP contribution < -0.4 is 0 Å². The second-order valence-corrected chi connectivity index (χ2v) is 7.44. The molecule has 1 aromatic rings. The second-order valence-electron chi connectivity index (χ2n) is 4.45. The molecule has 0 bridgehead atoms. The highest BCUT2D eigenvalue weighted by atomic mass is 32.2. The summed E-state index contributed by atoms with van der Waals surface area (Å²) in [5.41, 5.74) is 0.706. The molecule has 0 amide bonds. The van der Waals surface area contributed by atoms with Crippen LogP contribution in [0.1, 0.15) is 18.9 Å². The van der Waals surface area contributed by atoms with Gasteiger partial charge in [-0.2, -0.15) is 16.1 Å². The summed E-state index contributed by atoms with van der Waals surface area (Å²) in [6.07, 6.45) is 2.83.